The summed E-state index contributed by atoms with van der Waals surface area (Å²) >= 11 is 7.85. The second kappa shape index (κ2) is 5.52. The summed E-state index contributed by atoms with van der Waals surface area (Å²) in [6.07, 6.45) is 0. The summed E-state index contributed by atoms with van der Waals surface area (Å²) in [4.78, 5) is 0.987. The highest BCUT2D eigenvalue weighted by molar-refractivity contribution is 7.10. The summed E-state index contributed by atoms with van der Waals surface area (Å²) in [5.74, 6) is 2.16. The van der Waals surface area contributed by atoms with E-state index in [9.17, 15) is 0 Å². The van der Waals surface area contributed by atoms with E-state index in [0.717, 1.165) is 16.2 Å². The van der Waals surface area contributed by atoms with Crippen LogP contribution in [-0.4, -0.2) is 20.3 Å². The minimum absolute atomic E-state index is 0.313. The Hall–Kier alpha value is -1.43. The predicted octanol–water partition coefficient (Wildman–Crippen LogP) is 3.23. The highest BCUT2D eigenvalue weighted by Crippen LogP contribution is 2.40. The van der Waals surface area contributed by atoms with Crippen LogP contribution in [0, 0.1) is 0 Å². The molecule has 0 saturated carbocycles. The number of halogens is 1. The second-order valence-electron chi connectivity index (χ2n) is 4.38. The zero-order chi connectivity index (χ0) is 14.1. The molecule has 1 aliphatic heterocycles. The maximum atomic E-state index is 6.30. The average Bonchev–Trinajstić information content (AvgIpc) is 2.94. The monoisotopic (exact) mass is 311 g/mol. The van der Waals surface area contributed by atoms with Crippen molar-refractivity contribution in [3.63, 3.8) is 0 Å². The third-order valence-electron chi connectivity index (χ3n) is 3.13. The van der Waals surface area contributed by atoms with E-state index in [-0.39, 0.29) is 6.04 Å². The molecule has 20 heavy (non-hydrogen) atoms. The van der Waals surface area contributed by atoms with Gasteiger partial charge in [0.15, 0.2) is 11.5 Å². The fraction of sp³-hybridized carbons (Fsp3) is 0.286. The van der Waals surface area contributed by atoms with Gasteiger partial charge in [-0.2, -0.15) is 0 Å². The van der Waals surface area contributed by atoms with E-state index in [4.69, 9.17) is 31.5 Å². The fourth-order valence-corrected chi connectivity index (χ4v) is 3.22. The van der Waals surface area contributed by atoms with Gasteiger partial charge < -0.3 is 19.9 Å². The summed E-state index contributed by atoms with van der Waals surface area (Å²) in [7, 11) is 1.63. The zero-order valence-electron chi connectivity index (χ0n) is 10.9. The van der Waals surface area contributed by atoms with Gasteiger partial charge in [0, 0.05) is 21.3 Å². The molecule has 4 nitrogen and oxygen atoms in total. The number of thiophene rings is 1. The van der Waals surface area contributed by atoms with E-state index >= 15 is 0 Å². The molecule has 3 rings (SSSR count). The van der Waals surface area contributed by atoms with Gasteiger partial charge in [0.1, 0.15) is 19.0 Å². The van der Waals surface area contributed by atoms with Crippen molar-refractivity contribution in [1.82, 2.24) is 0 Å². The van der Waals surface area contributed by atoms with Crippen molar-refractivity contribution in [2.45, 2.75) is 6.04 Å². The fourth-order valence-electron chi connectivity index (χ4n) is 2.08. The van der Waals surface area contributed by atoms with Crippen molar-refractivity contribution < 1.29 is 14.2 Å². The first kappa shape index (κ1) is 13.5. The second-order valence-corrected chi connectivity index (χ2v) is 5.73. The van der Waals surface area contributed by atoms with Crippen LogP contribution in [0.1, 0.15) is 16.5 Å². The van der Waals surface area contributed by atoms with Gasteiger partial charge in [-0.05, 0) is 17.7 Å². The van der Waals surface area contributed by atoms with Gasteiger partial charge in [-0.1, -0.05) is 11.6 Å². The molecule has 106 valence electrons. The molecule has 2 heterocycles. The third-order valence-corrected chi connectivity index (χ3v) is 4.46. The molecule has 2 aromatic rings. The number of fused-ring (bicyclic) bond motifs is 1. The minimum atomic E-state index is -0.313. The van der Waals surface area contributed by atoms with Gasteiger partial charge in [0.25, 0.3) is 0 Å². The smallest absolute Gasteiger partial charge is 0.162 e. The molecule has 6 heteroatoms. The van der Waals surface area contributed by atoms with Crippen molar-refractivity contribution in [3.8, 4) is 17.2 Å². The summed E-state index contributed by atoms with van der Waals surface area (Å²) in [5, 5.41) is 2.50. The first-order valence-electron chi connectivity index (χ1n) is 6.16. The van der Waals surface area contributed by atoms with Crippen molar-refractivity contribution in [1.29, 1.82) is 0 Å². The first-order valence-corrected chi connectivity index (χ1v) is 7.42. The molecule has 1 atom stereocenters. The van der Waals surface area contributed by atoms with Crippen molar-refractivity contribution in [2.75, 3.05) is 20.3 Å². The van der Waals surface area contributed by atoms with Gasteiger partial charge in [-0.15, -0.1) is 11.3 Å². The number of hydrogen-bond acceptors (Lipinski definition) is 5. The largest absolute Gasteiger partial charge is 0.496 e. The Labute approximate surface area is 126 Å². The summed E-state index contributed by atoms with van der Waals surface area (Å²) in [5.41, 5.74) is 7.11. The SMILES string of the molecule is COc1csc(C(N)c2cc3c(cc2Cl)OCCO3)c1. The molecule has 0 amide bonds. The minimum Gasteiger partial charge on any atom is -0.496 e. The quantitative estimate of drug-likeness (QED) is 0.945. The Morgan fingerprint density at radius 3 is 2.60 bits per heavy atom. The Morgan fingerprint density at radius 2 is 1.95 bits per heavy atom. The van der Waals surface area contributed by atoms with Crippen molar-refractivity contribution in [2.24, 2.45) is 5.73 Å². The van der Waals surface area contributed by atoms with E-state index in [2.05, 4.69) is 0 Å². The highest BCUT2D eigenvalue weighted by Gasteiger charge is 2.20. The average molecular weight is 312 g/mol. The number of benzene rings is 1. The lowest BCUT2D eigenvalue weighted by molar-refractivity contribution is 0.171. The Kier molecular flexibility index (Phi) is 3.74. The predicted molar refractivity (Wildman–Crippen MR) is 79.3 cm³/mol. The lowest BCUT2D eigenvalue weighted by Crippen LogP contribution is -2.17. The van der Waals surface area contributed by atoms with Crippen LogP contribution >= 0.6 is 22.9 Å². The van der Waals surface area contributed by atoms with E-state index in [1.165, 1.54) is 0 Å². The maximum absolute atomic E-state index is 6.30. The van der Waals surface area contributed by atoms with E-state index in [0.29, 0.717) is 29.7 Å². The van der Waals surface area contributed by atoms with Gasteiger partial charge in [-0.25, -0.2) is 0 Å². The standard InChI is InChI=1S/C14H14ClNO3S/c1-17-8-4-13(20-7-8)14(16)9-5-11-12(6-10(9)15)19-3-2-18-11/h4-7,14H,2-3,16H2,1H3. The lowest BCUT2D eigenvalue weighted by Gasteiger charge is -2.21. The van der Waals surface area contributed by atoms with Gasteiger partial charge in [0.2, 0.25) is 0 Å². The van der Waals surface area contributed by atoms with Crippen LogP contribution < -0.4 is 19.9 Å². The molecular weight excluding hydrogens is 298 g/mol. The summed E-state index contributed by atoms with van der Waals surface area (Å²) < 4.78 is 16.2. The Morgan fingerprint density at radius 1 is 1.25 bits per heavy atom. The van der Waals surface area contributed by atoms with E-state index < -0.39 is 0 Å². The third kappa shape index (κ3) is 2.44. The topological polar surface area (TPSA) is 53.7 Å². The molecule has 0 radical (unpaired) electrons. The van der Waals surface area contributed by atoms with Crippen LogP contribution in [0.2, 0.25) is 5.02 Å². The Bertz CT molecular complexity index is 629. The van der Waals surface area contributed by atoms with E-state index in [1.807, 2.05) is 17.5 Å². The normalized spacial score (nSPS) is 14.9. The molecule has 1 aromatic heterocycles. The van der Waals surface area contributed by atoms with E-state index in [1.54, 1.807) is 24.5 Å². The number of rotatable bonds is 3. The Balaban J connectivity index is 1.96. The number of hydrogen-bond donors (Lipinski definition) is 1. The number of ether oxygens (including phenoxy) is 3. The van der Waals surface area contributed by atoms with Crippen LogP contribution in [0.15, 0.2) is 23.6 Å². The van der Waals surface area contributed by atoms with Crippen LogP contribution in [0.4, 0.5) is 0 Å². The van der Waals surface area contributed by atoms with Crippen LogP contribution in [0.5, 0.6) is 17.2 Å². The first-order chi connectivity index (χ1) is 9.69. The molecule has 1 aromatic carbocycles. The molecule has 0 saturated heterocycles. The molecule has 0 fully saturated rings. The summed E-state index contributed by atoms with van der Waals surface area (Å²) in [6, 6.07) is 5.22. The summed E-state index contributed by atoms with van der Waals surface area (Å²) in [6.45, 7) is 1.08. The molecule has 1 aliphatic rings. The van der Waals surface area contributed by atoms with Gasteiger partial charge in [-0.3, -0.25) is 0 Å². The maximum Gasteiger partial charge on any atom is 0.162 e. The lowest BCUT2D eigenvalue weighted by atomic mass is 10.1. The molecule has 0 bridgehead atoms. The van der Waals surface area contributed by atoms with Crippen LogP contribution in [0.25, 0.3) is 0 Å². The molecule has 0 spiro atoms. The van der Waals surface area contributed by atoms with Crippen LogP contribution in [0.3, 0.4) is 0 Å². The molecular formula is C14H14ClNO3S. The molecule has 1 unspecified atom stereocenters. The van der Waals surface area contributed by atoms with Gasteiger partial charge >= 0.3 is 0 Å². The van der Waals surface area contributed by atoms with Crippen molar-refractivity contribution >= 4 is 22.9 Å². The number of nitrogens with two attached hydrogens (primary N) is 1. The molecule has 2 N–H and O–H groups in total. The van der Waals surface area contributed by atoms with Crippen LogP contribution in [-0.2, 0) is 0 Å². The highest BCUT2D eigenvalue weighted by atomic mass is 35.5. The van der Waals surface area contributed by atoms with Gasteiger partial charge in [0.05, 0.1) is 13.2 Å². The van der Waals surface area contributed by atoms with Crippen molar-refractivity contribution in [3.05, 3.63) is 39.0 Å². The number of methoxy groups -OCH3 is 1. The molecule has 0 aliphatic carbocycles. The zero-order valence-corrected chi connectivity index (χ0v) is 12.5.